The number of carbonyl (C=O) groups is 4. The third-order valence-corrected chi connectivity index (χ3v) is 12.1. The molecule has 2 aromatic carbocycles. The van der Waals surface area contributed by atoms with Crippen molar-refractivity contribution in [3.63, 3.8) is 0 Å². The average molecular weight is 663 g/mol. The SMILES string of the molecule is COC(=O)c1cc2c(cc1NC(=O)c1cc3sccc3s1)sc1cc(NC(=O)c3cc4sccc4s3)c(C(=O)OC)cc12. The summed E-state index contributed by atoms with van der Waals surface area (Å²) in [4.78, 5) is 53.1. The van der Waals surface area contributed by atoms with E-state index in [1.54, 1.807) is 46.9 Å². The number of esters is 2. The van der Waals surface area contributed by atoms with E-state index in [9.17, 15) is 19.2 Å². The van der Waals surface area contributed by atoms with Gasteiger partial charge in [-0.05, 0) is 59.3 Å². The van der Waals surface area contributed by atoms with Gasteiger partial charge >= 0.3 is 11.9 Å². The number of nitrogens with one attached hydrogen (secondary N) is 2. The van der Waals surface area contributed by atoms with Gasteiger partial charge in [0.2, 0.25) is 0 Å². The summed E-state index contributed by atoms with van der Waals surface area (Å²) >= 11 is 7.28. The number of anilines is 2. The van der Waals surface area contributed by atoms with Gasteiger partial charge in [-0.2, -0.15) is 0 Å². The van der Waals surface area contributed by atoms with E-state index in [0.29, 0.717) is 31.9 Å². The van der Waals surface area contributed by atoms with Crippen molar-refractivity contribution in [2.24, 2.45) is 0 Å². The second-order valence-corrected chi connectivity index (χ2v) is 14.4. The Bertz CT molecular complexity index is 2050. The molecular weight excluding hydrogens is 645 g/mol. The Morgan fingerprint density at radius 1 is 0.558 bits per heavy atom. The maximum absolute atomic E-state index is 13.2. The van der Waals surface area contributed by atoms with Crippen LogP contribution in [0.3, 0.4) is 0 Å². The smallest absolute Gasteiger partial charge is 0.339 e. The third-order valence-electron chi connectivity index (χ3n) is 6.78. The molecule has 0 aliphatic rings. The van der Waals surface area contributed by atoms with Crippen LogP contribution in [-0.4, -0.2) is 38.0 Å². The summed E-state index contributed by atoms with van der Waals surface area (Å²) in [5.41, 5.74) is 0.978. The molecule has 0 atom stereocenters. The molecule has 2 amide bonds. The number of thiophene rings is 5. The zero-order valence-corrected chi connectivity index (χ0v) is 26.3. The van der Waals surface area contributed by atoms with E-state index in [2.05, 4.69) is 10.6 Å². The molecule has 7 rings (SSSR count). The first-order chi connectivity index (χ1) is 20.8. The summed E-state index contributed by atoms with van der Waals surface area (Å²) < 4.78 is 15.7. The van der Waals surface area contributed by atoms with Gasteiger partial charge in [-0.25, -0.2) is 9.59 Å². The molecule has 214 valence electrons. The van der Waals surface area contributed by atoms with E-state index < -0.39 is 11.9 Å². The number of benzene rings is 2. The molecule has 8 nitrogen and oxygen atoms in total. The van der Waals surface area contributed by atoms with Gasteiger partial charge in [0.15, 0.2) is 0 Å². The molecule has 0 radical (unpaired) electrons. The summed E-state index contributed by atoms with van der Waals surface area (Å²) in [7, 11) is 2.55. The quantitative estimate of drug-likeness (QED) is 0.172. The van der Waals surface area contributed by atoms with Crippen LogP contribution in [0.25, 0.3) is 39.0 Å². The molecule has 2 N–H and O–H groups in total. The van der Waals surface area contributed by atoms with Crippen LogP contribution in [0.4, 0.5) is 11.4 Å². The minimum Gasteiger partial charge on any atom is -0.465 e. The first-order valence-electron chi connectivity index (χ1n) is 12.6. The van der Waals surface area contributed by atoms with Crippen molar-refractivity contribution in [3.05, 3.63) is 80.2 Å². The molecule has 0 unspecified atom stereocenters. The summed E-state index contributed by atoms with van der Waals surface area (Å²) in [5.74, 6) is -1.89. The normalized spacial score (nSPS) is 11.4. The zero-order chi connectivity index (χ0) is 29.8. The van der Waals surface area contributed by atoms with Crippen molar-refractivity contribution < 1.29 is 28.7 Å². The molecule has 0 fully saturated rings. The molecule has 0 aliphatic carbocycles. The van der Waals surface area contributed by atoms with Gasteiger partial charge in [0.25, 0.3) is 11.8 Å². The van der Waals surface area contributed by atoms with Crippen molar-refractivity contribution in [2.75, 3.05) is 24.9 Å². The molecular formula is C30H18N2O6S5. The van der Waals surface area contributed by atoms with E-state index in [1.807, 2.05) is 35.0 Å². The van der Waals surface area contributed by atoms with Crippen LogP contribution >= 0.6 is 56.7 Å². The van der Waals surface area contributed by atoms with Crippen LogP contribution in [0.15, 0.2) is 59.3 Å². The molecule has 7 aromatic rings. The highest BCUT2D eigenvalue weighted by atomic mass is 32.1. The van der Waals surface area contributed by atoms with Gasteiger partial charge in [0, 0.05) is 39.0 Å². The predicted octanol–water partition coefficient (Wildman–Crippen LogP) is 8.68. The molecule has 0 spiro atoms. The first kappa shape index (κ1) is 27.7. The van der Waals surface area contributed by atoms with Crippen LogP contribution in [0.2, 0.25) is 0 Å². The second kappa shape index (κ2) is 10.8. The molecule has 0 aliphatic heterocycles. The van der Waals surface area contributed by atoms with Gasteiger partial charge in [0.05, 0.1) is 46.5 Å². The topological polar surface area (TPSA) is 111 Å². The standard InChI is InChI=1S/C30H18N2O6S5/c1-37-29(35)15-7-13-14-8-16(30(36)38-2)18(32-28(34)26-12-24-20(42-26)4-6-40-24)10-22(14)43-21(13)9-17(15)31-27(33)25-11-23-19(41-25)3-5-39-23/h3-12H,1-2H3,(H,31,33)(H,32,34). The zero-order valence-electron chi connectivity index (χ0n) is 22.3. The summed E-state index contributed by atoms with van der Waals surface area (Å²) in [6.45, 7) is 0. The summed E-state index contributed by atoms with van der Waals surface area (Å²) in [6.07, 6.45) is 0. The summed E-state index contributed by atoms with van der Waals surface area (Å²) in [6, 6.07) is 14.4. The van der Waals surface area contributed by atoms with Crippen LogP contribution in [0.1, 0.15) is 40.1 Å². The van der Waals surface area contributed by atoms with Crippen LogP contribution in [0.5, 0.6) is 0 Å². The van der Waals surface area contributed by atoms with Crippen LogP contribution in [-0.2, 0) is 9.47 Å². The highest BCUT2D eigenvalue weighted by Crippen LogP contribution is 2.41. The fraction of sp³-hybridized carbons (Fsp3) is 0.0667. The Morgan fingerprint density at radius 2 is 1.00 bits per heavy atom. The van der Waals surface area contributed by atoms with Crippen molar-refractivity contribution in [1.82, 2.24) is 0 Å². The Hall–Kier alpha value is -4.14. The number of methoxy groups -OCH3 is 2. The van der Waals surface area contributed by atoms with Gasteiger partial charge in [-0.15, -0.1) is 56.7 Å². The number of ether oxygens (including phenoxy) is 2. The monoisotopic (exact) mass is 662 g/mol. The second-order valence-electron chi connectivity index (χ2n) is 9.30. The minimum absolute atomic E-state index is 0.177. The molecule has 0 saturated carbocycles. The van der Waals surface area contributed by atoms with E-state index in [4.69, 9.17) is 9.47 Å². The third kappa shape index (κ3) is 4.88. The molecule has 0 saturated heterocycles. The first-order valence-corrected chi connectivity index (χ1v) is 16.8. The minimum atomic E-state index is -0.614. The largest absolute Gasteiger partial charge is 0.465 e. The van der Waals surface area contributed by atoms with Gasteiger partial charge in [-0.3, -0.25) is 9.59 Å². The van der Waals surface area contributed by atoms with Gasteiger partial charge in [0.1, 0.15) is 0 Å². The molecule has 5 heterocycles. The average Bonchev–Trinajstić information content (AvgIpc) is 3.81. The van der Waals surface area contributed by atoms with E-state index in [1.165, 1.54) is 48.2 Å². The number of amides is 2. The Kier molecular flexibility index (Phi) is 6.98. The lowest BCUT2D eigenvalue weighted by atomic mass is 10.0. The van der Waals surface area contributed by atoms with Gasteiger partial charge < -0.3 is 20.1 Å². The molecule has 13 heteroatoms. The van der Waals surface area contributed by atoms with Crippen molar-refractivity contribution in [1.29, 1.82) is 0 Å². The Morgan fingerprint density at radius 3 is 1.40 bits per heavy atom. The summed E-state index contributed by atoms with van der Waals surface area (Å²) in [5, 5.41) is 11.1. The van der Waals surface area contributed by atoms with E-state index in [-0.39, 0.29) is 22.9 Å². The fourth-order valence-corrected chi connectivity index (χ4v) is 9.91. The van der Waals surface area contributed by atoms with Crippen molar-refractivity contribution in [2.45, 2.75) is 0 Å². The maximum atomic E-state index is 13.2. The number of fused-ring (bicyclic) bond motifs is 5. The Labute approximate surface area is 263 Å². The van der Waals surface area contributed by atoms with Crippen LogP contribution < -0.4 is 10.6 Å². The highest BCUT2D eigenvalue weighted by molar-refractivity contribution is 7.28. The fourth-order valence-electron chi connectivity index (χ4n) is 4.76. The predicted molar refractivity (Wildman–Crippen MR) is 177 cm³/mol. The van der Waals surface area contributed by atoms with E-state index in [0.717, 1.165) is 28.2 Å². The van der Waals surface area contributed by atoms with Gasteiger partial charge in [-0.1, -0.05) is 0 Å². The molecule has 5 aromatic heterocycles. The Balaban J connectivity index is 1.30. The molecule has 43 heavy (non-hydrogen) atoms. The van der Waals surface area contributed by atoms with Crippen LogP contribution in [0, 0.1) is 0 Å². The lowest BCUT2D eigenvalue weighted by Gasteiger charge is -2.11. The number of rotatable bonds is 6. The molecule has 0 bridgehead atoms. The van der Waals surface area contributed by atoms with E-state index >= 15 is 0 Å². The maximum Gasteiger partial charge on any atom is 0.339 e. The number of hydrogen-bond donors (Lipinski definition) is 2. The van der Waals surface area contributed by atoms with Crippen molar-refractivity contribution in [3.8, 4) is 0 Å². The lowest BCUT2D eigenvalue weighted by molar-refractivity contribution is 0.0593. The lowest BCUT2D eigenvalue weighted by Crippen LogP contribution is -2.14. The highest BCUT2D eigenvalue weighted by Gasteiger charge is 2.23. The van der Waals surface area contributed by atoms with Crippen molar-refractivity contribution >= 4 is 131 Å². The number of carbonyl (C=O) groups excluding carboxylic acids is 4. The number of hydrogen-bond acceptors (Lipinski definition) is 11.